The molecule has 0 spiro atoms. The molecule has 1 nitrogen and oxygen atoms in total. The van der Waals surface area contributed by atoms with E-state index >= 15 is 0 Å². The number of nitrogens with one attached hydrogen (secondary N) is 1. The van der Waals surface area contributed by atoms with Crippen LogP contribution in [0.25, 0.3) is 6.08 Å². The van der Waals surface area contributed by atoms with Crippen molar-refractivity contribution >= 4 is 22.0 Å². The highest BCUT2D eigenvalue weighted by atomic mass is 79.9. The average Bonchev–Trinajstić information content (AvgIpc) is 2.23. The Morgan fingerprint density at radius 2 is 2.25 bits per heavy atom. The lowest BCUT2D eigenvalue weighted by atomic mass is 10.1. The largest absolute Gasteiger partial charge is 0.313 e. The van der Waals surface area contributed by atoms with Crippen molar-refractivity contribution < 1.29 is 4.39 Å². The Bertz CT molecular complexity index is 374. The van der Waals surface area contributed by atoms with Crippen LogP contribution in [0.1, 0.15) is 25.8 Å². The Labute approximate surface area is 105 Å². The van der Waals surface area contributed by atoms with Gasteiger partial charge in [-0.05, 0) is 32.0 Å². The maximum Gasteiger partial charge on any atom is 0.131 e. The van der Waals surface area contributed by atoms with Gasteiger partial charge in [0, 0.05) is 16.6 Å². The first-order valence-electron chi connectivity index (χ1n) is 5.46. The highest BCUT2D eigenvalue weighted by Gasteiger charge is 2.00. The summed E-state index contributed by atoms with van der Waals surface area (Å²) < 4.78 is 14.3. The standard InChI is InChI=1S/C13H17BrFN/c1-3-6-16-9-10(2)7-11-4-5-12(14)8-13(11)15/h4-5,7-8,16H,3,6,9H2,1-2H3. The molecule has 0 amide bonds. The molecule has 0 saturated carbocycles. The highest BCUT2D eigenvalue weighted by Crippen LogP contribution is 2.17. The van der Waals surface area contributed by atoms with Gasteiger partial charge in [-0.1, -0.05) is 40.6 Å². The average molecular weight is 286 g/mol. The van der Waals surface area contributed by atoms with E-state index in [-0.39, 0.29) is 5.82 Å². The Hall–Kier alpha value is -0.670. The molecule has 0 radical (unpaired) electrons. The second kappa shape index (κ2) is 6.81. The highest BCUT2D eigenvalue weighted by molar-refractivity contribution is 9.10. The molecule has 0 heterocycles. The molecule has 0 fully saturated rings. The van der Waals surface area contributed by atoms with Crippen LogP contribution < -0.4 is 5.32 Å². The van der Waals surface area contributed by atoms with Crippen LogP contribution in [0.5, 0.6) is 0 Å². The Kier molecular flexibility index (Phi) is 5.71. The molecule has 3 heteroatoms. The third-order valence-electron chi connectivity index (χ3n) is 2.20. The van der Waals surface area contributed by atoms with Gasteiger partial charge in [0.25, 0.3) is 0 Å². The third kappa shape index (κ3) is 4.45. The zero-order valence-corrected chi connectivity index (χ0v) is 11.3. The summed E-state index contributed by atoms with van der Waals surface area (Å²) in [5.41, 5.74) is 1.77. The smallest absolute Gasteiger partial charge is 0.131 e. The number of halogens is 2. The topological polar surface area (TPSA) is 12.0 Å². The van der Waals surface area contributed by atoms with E-state index in [1.807, 2.05) is 19.1 Å². The van der Waals surface area contributed by atoms with Crippen molar-refractivity contribution in [2.45, 2.75) is 20.3 Å². The molecule has 1 rings (SSSR count). The first-order valence-corrected chi connectivity index (χ1v) is 6.25. The van der Waals surface area contributed by atoms with Crippen LogP contribution in [0.15, 0.2) is 28.2 Å². The van der Waals surface area contributed by atoms with E-state index < -0.39 is 0 Å². The Morgan fingerprint density at radius 1 is 1.50 bits per heavy atom. The molecule has 16 heavy (non-hydrogen) atoms. The van der Waals surface area contributed by atoms with Crippen molar-refractivity contribution in [1.82, 2.24) is 5.32 Å². The lowest BCUT2D eigenvalue weighted by Crippen LogP contribution is -2.16. The van der Waals surface area contributed by atoms with Crippen LogP contribution in [0, 0.1) is 5.82 Å². The molecule has 1 N–H and O–H groups in total. The number of hydrogen-bond acceptors (Lipinski definition) is 1. The lowest BCUT2D eigenvalue weighted by Gasteiger charge is -2.04. The molecule has 1 aromatic rings. The maximum atomic E-state index is 13.5. The van der Waals surface area contributed by atoms with Gasteiger partial charge < -0.3 is 5.32 Å². The normalized spacial score (nSPS) is 11.9. The molecule has 0 saturated heterocycles. The fraction of sp³-hybridized carbons (Fsp3) is 0.385. The predicted molar refractivity (Wildman–Crippen MR) is 70.9 cm³/mol. The fourth-order valence-corrected chi connectivity index (χ4v) is 1.73. The van der Waals surface area contributed by atoms with E-state index in [0.717, 1.165) is 29.6 Å². The molecule has 0 aromatic heterocycles. The van der Waals surface area contributed by atoms with Gasteiger partial charge in [-0.15, -0.1) is 0 Å². The van der Waals surface area contributed by atoms with Crippen molar-refractivity contribution in [3.05, 3.63) is 39.6 Å². The summed E-state index contributed by atoms with van der Waals surface area (Å²) in [5.74, 6) is -0.191. The summed E-state index contributed by atoms with van der Waals surface area (Å²) in [6.45, 7) is 5.93. The van der Waals surface area contributed by atoms with E-state index in [1.165, 1.54) is 6.07 Å². The molecule has 0 aliphatic heterocycles. The summed E-state index contributed by atoms with van der Waals surface area (Å²) in [5, 5.41) is 3.29. The first-order chi connectivity index (χ1) is 7.63. The van der Waals surface area contributed by atoms with Crippen LogP contribution in [-0.2, 0) is 0 Å². The monoisotopic (exact) mass is 285 g/mol. The van der Waals surface area contributed by atoms with Crippen molar-refractivity contribution in [1.29, 1.82) is 0 Å². The molecular weight excluding hydrogens is 269 g/mol. The summed E-state index contributed by atoms with van der Waals surface area (Å²) >= 11 is 3.24. The molecule has 0 aliphatic rings. The Balaban J connectivity index is 2.66. The van der Waals surface area contributed by atoms with Gasteiger partial charge in [0.1, 0.15) is 5.82 Å². The van der Waals surface area contributed by atoms with Crippen LogP contribution in [0.2, 0.25) is 0 Å². The van der Waals surface area contributed by atoms with E-state index in [2.05, 4.69) is 28.2 Å². The van der Waals surface area contributed by atoms with E-state index in [9.17, 15) is 4.39 Å². The minimum Gasteiger partial charge on any atom is -0.313 e. The fourth-order valence-electron chi connectivity index (χ4n) is 1.40. The quantitative estimate of drug-likeness (QED) is 0.807. The molecule has 1 aromatic carbocycles. The summed E-state index contributed by atoms with van der Waals surface area (Å²) in [6.07, 6.45) is 2.99. The number of hydrogen-bond donors (Lipinski definition) is 1. The van der Waals surface area contributed by atoms with Gasteiger partial charge >= 0.3 is 0 Å². The van der Waals surface area contributed by atoms with Crippen LogP contribution >= 0.6 is 15.9 Å². The number of benzene rings is 1. The Morgan fingerprint density at radius 3 is 2.88 bits per heavy atom. The van der Waals surface area contributed by atoms with Crippen molar-refractivity contribution in [3.8, 4) is 0 Å². The van der Waals surface area contributed by atoms with Crippen LogP contribution in [0.4, 0.5) is 4.39 Å². The summed E-state index contributed by atoms with van der Waals surface area (Å²) in [4.78, 5) is 0. The maximum absolute atomic E-state index is 13.5. The lowest BCUT2D eigenvalue weighted by molar-refractivity contribution is 0.624. The zero-order valence-electron chi connectivity index (χ0n) is 9.69. The molecule has 88 valence electrons. The minimum atomic E-state index is -0.191. The van der Waals surface area contributed by atoms with Gasteiger partial charge in [0.05, 0.1) is 0 Å². The van der Waals surface area contributed by atoms with Crippen molar-refractivity contribution in [2.75, 3.05) is 13.1 Å². The molecular formula is C13H17BrFN. The van der Waals surface area contributed by atoms with Crippen molar-refractivity contribution in [2.24, 2.45) is 0 Å². The van der Waals surface area contributed by atoms with Gasteiger partial charge in [0.2, 0.25) is 0 Å². The van der Waals surface area contributed by atoms with Gasteiger partial charge in [-0.2, -0.15) is 0 Å². The van der Waals surface area contributed by atoms with Gasteiger partial charge in [0.15, 0.2) is 0 Å². The first kappa shape index (κ1) is 13.4. The van der Waals surface area contributed by atoms with E-state index in [0.29, 0.717) is 5.56 Å². The predicted octanol–water partition coefficient (Wildman–Crippen LogP) is 3.99. The van der Waals surface area contributed by atoms with E-state index in [1.54, 1.807) is 6.07 Å². The molecule has 0 atom stereocenters. The second-order valence-corrected chi connectivity index (χ2v) is 4.75. The summed E-state index contributed by atoms with van der Waals surface area (Å²) in [6, 6.07) is 5.11. The zero-order chi connectivity index (χ0) is 12.0. The summed E-state index contributed by atoms with van der Waals surface area (Å²) in [7, 11) is 0. The van der Waals surface area contributed by atoms with Gasteiger partial charge in [-0.25, -0.2) is 4.39 Å². The SMILES string of the molecule is CCCNCC(C)=Cc1ccc(Br)cc1F. The molecule has 0 bridgehead atoms. The van der Waals surface area contributed by atoms with Crippen LogP contribution in [-0.4, -0.2) is 13.1 Å². The van der Waals surface area contributed by atoms with Crippen LogP contribution in [0.3, 0.4) is 0 Å². The number of rotatable bonds is 5. The van der Waals surface area contributed by atoms with E-state index in [4.69, 9.17) is 0 Å². The minimum absolute atomic E-state index is 0.191. The molecule has 0 aliphatic carbocycles. The third-order valence-corrected chi connectivity index (χ3v) is 2.69. The second-order valence-electron chi connectivity index (χ2n) is 3.83. The van der Waals surface area contributed by atoms with Crippen molar-refractivity contribution in [3.63, 3.8) is 0 Å². The van der Waals surface area contributed by atoms with Gasteiger partial charge in [-0.3, -0.25) is 0 Å². The molecule has 0 unspecified atom stereocenters.